The number of benzene rings is 1. The van der Waals surface area contributed by atoms with Crippen LogP contribution in [0.3, 0.4) is 0 Å². The first-order valence-electron chi connectivity index (χ1n) is 8.97. The second-order valence-corrected chi connectivity index (χ2v) is 7.60. The molecule has 1 N–H and O–H groups in total. The van der Waals surface area contributed by atoms with Crippen LogP contribution in [0.25, 0.3) is 0 Å². The molecule has 1 fully saturated rings. The number of amides is 1. The molecule has 0 spiro atoms. The lowest BCUT2D eigenvalue weighted by Gasteiger charge is -2.41. The first-order chi connectivity index (χ1) is 12.3. The summed E-state index contributed by atoms with van der Waals surface area (Å²) in [7, 11) is 0. The summed E-state index contributed by atoms with van der Waals surface area (Å²) in [6, 6.07) is 9.66. The Labute approximate surface area is 152 Å². The van der Waals surface area contributed by atoms with Gasteiger partial charge in [0.05, 0.1) is 24.1 Å². The van der Waals surface area contributed by atoms with Crippen LogP contribution in [0.15, 0.2) is 35.7 Å². The van der Waals surface area contributed by atoms with Crippen molar-refractivity contribution in [1.29, 1.82) is 0 Å². The minimum absolute atomic E-state index is 0.0868. The van der Waals surface area contributed by atoms with Crippen molar-refractivity contribution in [3.63, 3.8) is 0 Å². The normalized spacial score (nSPS) is 23.3. The van der Waals surface area contributed by atoms with Gasteiger partial charge >= 0.3 is 0 Å². The standard InChI is InChI=1S/C20H23NO3S/c22-12-17-18(14-6-2-1-3-7-14)21(10-11-24-17)20(23)19-16-9-5-4-8-15(16)13-25-19/h1-3,6-7,13,17-18,22H,4-5,8-12H2/t17-,18-/m1/s1. The fourth-order valence-corrected chi connectivity index (χ4v) is 5.10. The van der Waals surface area contributed by atoms with Crippen LogP contribution in [0.2, 0.25) is 0 Å². The van der Waals surface area contributed by atoms with Crippen molar-refractivity contribution in [2.75, 3.05) is 19.8 Å². The molecule has 1 saturated heterocycles. The molecular formula is C20H23NO3S. The number of aryl methyl sites for hydroxylation is 1. The van der Waals surface area contributed by atoms with Gasteiger partial charge in [0.1, 0.15) is 6.10 Å². The number of aliphatic hydroxyl groups is 1. The highest BCUT2D eigenvalue weighted by molar-refractivity contribution is 7.12. The van der Waals surface area contributed by atoms with Gasteiger partial charge in [0, 0.05) is 6.54 Å². The number of rotatable bonds is 3. The van der Waals surface area contributed by atoms with Crippen molar-refractivity contribution < 1.29 is 14.6 Å². The molecule has 2 aromatic rings. The Bertz CT molecular complexity index is 743. The third kappa shape index (κ3) is 3.12. The van der Waals surface area contributed by atoms with E-state index in [1.165, 1.54) is 17.5 Å². The van der Waals surface area contributed by atoms with Gasteiger partial charge in [-0.2, -0.15) is 0 Å². The third-order valence-electron chi connectivity index (χ3n) is 5.23. The molecule has 25 heavy (non-hydrogen) atoms. The Balaban J connectivity index is 1.69. The third-order valence-corrected chi connectivity index (χ3v) is 6.29. The van der Waals surface area contributed by atoms with Crippen LogP contribution >= 0.6 is 11.3 Å². The van der Waals surface area contributed by atoms with Crippen LogP contribution in [-0.2, 0) is 17.6 Å². The summed E-state index contributed by atoms with van der Waals surface area (Å²) in [6.07, 6.45) is 4.09. The Kier molecular flexibility index (Phi) is 4.88. The van der Waals surface area contributed by atoms with E-state index >= 15 is 0 Å². The SMILES string of the molecule is O=C(c1scc2c1CCCC2)N1CCO[C@H](CO)[C@H]1c1ccccc1. The van der Waals surface area contributed by atoms with Gasteiger partial charge in [0.15, 0.2) is 0 Å². The lowest BCUT2D eigenvalue weighted by Crippen LogP contribution is -2.49. The highest BCUT2D eigenvalue weighted by Gasteiger charge is 2.37. The molecule has 2 heterocycles. The molecule has 2 aliphatic rings. The molecule has 0 bridgehead atoms. The molecule has 5 heteroatoms. The zero-order valence-electron chi connectivity index (χ0n) is 14.2. The van der Waals surface area contributed by atoms with Crippen molar-refractivity contribution in [1.82, 2.24) is 4.90 Å². The molecule has 1 aliphatic carbocycles. The topological polar surface area (TPSA) is 49.8 Å². The number of hydrogen-bond donors (Lipinski definition) is 1. The summed E-state index contributed by atoms with van der Waals surface area (Å²) in [5.74, 6) is 0.0868. The molecule has 0 saturated carbocycles. The Morgan fingerprint density at radius 2 is 2.04 bits per heavy atom. The van der Waals surface area contributed by atoms with Gasteiger partial charge in [-0.3, -0.25) is 4.79 Å². The quantitative estimate of drug-likeness (QED) is 0.918. The number of ether oxygens (including phenoxy) is 1. The predicted octanol–water partition coefficient (Wildman–Crippen LogP) is 3.20. The average Bonchev–Trinajstić information content (AvgIpc) is 3.11. The van der Waals surface area contributed by atoms with Crippen LogP contribution in [-0.4, -0.2) is 41.8 Å². The van der Waals surface area contributed by atoms with E-state index < -0.39 is 0 Å². The summed E-state index contributed by atoms with van der Waals surface area (Å²) >= 11 is 1.58. The predicted molar refractivity (Wildman–Crippen MR) is 98.0 cm³/mol. The van der Waals surface area contributed by atoms with Crippen molar-refractivity contribution >= 4 is 17.2 Å². The van der Waals surface area contributed by atoms with Gasteiger partial charge in [-0.25, -0.2) is 0 Å². The van der Waals surface area contributed by atoms with Crippen LogP contribution in [0.4, 0.5) is 0 Å². The minimum Gasteiger partial charge on any atom is -0.394 e. The maximum Gasteiger partial charge on any atom is 0.264 e. The molecule has 0 unspecified atom stereocenters. The number of carbonyl (C=O) groups is 1. The van der Waals surface area contributed by atoms with Crippen LogP contribution < -0.4 is 0 Å². The molecule has 4 rings (SSSR count). The summed E-state index contributed by atoms with van der Waals surface area (Å²) in [5.41, 5.74) is 3.61. The molecular weight excluding hydrogens is 334 g/mol. The number of carbonyl (C=O) groups excluding carboxylic acids is 1. The summed E-state index contributed by atoms with van der Waals surface area (Å²) in [6.45, 7) is 0.932. The Hall–Kier alpha value is -1.69. The number of aliphatic hydroxyl groups excluding tert-OH is 1. The Morgan fingerprint density at radius 1 is 1.24 bits per heavy atom. The molecule has 1 aromatic carbocycles. The second-order valence-electron chi connectivity index (χ2n) is 6.72. The van der Waals surface area contributed by atoms with E-state index in [-0.39, 0.29) is 24.7 Å². The van der Waals surface area contributed by atoms with Crippen molar-refractivity contribution in [3.8, 4) is 0 Å². The number of thiophene rings is 1. The van der Waals surface area contributed by atoms with Gasteiger partial charge in [-0.05, 0) is 47.8 Å². The molecule has 4 nitrogen and oxygen atoms in total. The van der Waals surface area contributed by atoms with Crippen LogP contribution in [0, 0.1) is 0 Å². The lowest BCUT2D eigenvalue weighted by molar-refractivity contribution is -0.0810. The monoisotopic (exact) mass is 357 g/mol. The van der Waals surface area contributed by atoms with Crippen molar-refractivity contribution in [3.05, 3.63) is 57.3 Å². The van der Waals surface area contributed by atoms with Crippen molar-refractivity contribution in [2.24, 2.45) is 0 Å². The fourth-order valence-electron chi connectivity index (χ4n) is 3.99. The van der Waals surface area contributed by atoms with E-state index in [1.54, 1.807) is 11.3 Å². The fraction of sp³-hybridized carbons (Fsp3) is 0.450. The number of hydrogen-bond acceptors (Lipinski definition) is 4. The second kappa shape index (κ2) is 7.28. The van der Waals surface area contributed by atoms with E-state index in [9.17, 15) is 9.90 Å². The summed E-state index contributed by atoms with van der Waals surface area (Å²) < 4.78 is 5.76. The zero-order valence-corrected chi connectivity index (χ0v) is 15.0. The smallest absolute Gasteiger partial charge is 0.264 e. The number of fused-ring (bicyclic) bond motifs is 1. The van der Waals surface area contributed by atoms with Gasteiger partial charge in [-0.15, -0.1) is 11.3 Å². The minimum atomic E-state index is -0.379. The molecule has 1 aromatic heterocycles. The first-order valence-corrected chi connectivity index (χ1v) is 9.85. The van der Waals surface area contributed by atoms with E-state index in [1.807, 2.05) is 35.2 Å². The van der Waals surface area contributed by atoms with E-state index in [0.29, 0.717) is 13.2 Å². The summed E-state index contributed by atoms with van der Waals surface area (Å²) in [5, 5.41) is 11.9. The van der Waals surface area contributed by atoms with Gasteiger partial charge in [0.2, 0.25) is 0 Å². The van der Waals surface area contributed by atoms with Gasteiger partial charge in [0.25, 0.3) is 5.91 Å². The summed E-state index contributed by atoms with van der Waals surface area (Å²) in [4.78, 5) is 16.2. The first kappa shape index (κ1) is 16.8. The van der Waals surface area contributed by atoms with Crippen LogP contribution in [0.5, 0.6) is 0 Å². The highest BCUT2D eigenvalue weighted by atomic mass is 32.1. The van der Waals surface area contributed by atoms with Gasteiger partial charge in [-0.1, -0.05) is 30.3 Å². The molecule has 1 aliphatic heterocycles. The maximum absolute atomic E-state index is 13.4. The molecule has 1 amide bonds. The van der Waals surface area contributed by atoms with E-state index in [0.717, 1.165) is 29.7 Å². The van der Waals surface area contributed by atoms with Crippen LogP contribution in [0.1, 0.15) is 45.2 Å². The van der Waals surface area contributed by atoms with E-state index in [4.69, 9.17) is 4.74 Å². The Morgan fingerprint density at radius 3 is 2.84 bits per heavy atom. The van der Waals surface area contributed by atoms with E-state index in [2.05, 4.69) is 5.38 Å². The number of morpholine rings is 1. The molecule has 132 valence electrons. The molecule has 0 radical (unpaired) electrons. The number of nitrogens with zero attached hydrogens (tertiary/aromatic N) is 1. The van der Waals surface area contributed by atoms with Gasteiger partial charge < -0.3 is 14.7 Å². The molecule has 2 atom stereocenters. The zero-order chi connectivity index (χ0) is 17.2. The maximum atomic E-state index is 13.4. The average molecular weight is 357 g/mol. The highest BCUT2D eigenvalue weighted by Crippen LogP contribution is 2.35. The van der Waals surface area contributed by atoms with Crippen molar-refractivity contribution in [2.45, 2.75) is 37.8 Å². The largest absolute Gasteiger partial charge is 0.394 e. The lowest BCUT2D eigenvalue weighted by atomic mass is 9.93.